The van der Waals surface area contributed by atoms with Gasteiger partial charge in [-0.1, -0.05) is 12.1 Å². The maximum Gasteiger partial charge on any atom is 0.522 e. The molecule has 0 unspecified atom stereocenters. The maximum atomic E-state index is 11.8. The number of rotatable bonds is 7. The minimum absolute atomic E-state index is 0.173. The van der Waals surface area contributed by atoms with E-state index in [0.29, 0.717) is 12.8 Å². The normalized spacial score (nSPS) is 14.1. The van der Waals surface area contributed by atoms with Crippen LogP contribution in [0.25, 0.3) is 0 Å². The average Bonchev–Trinajstić information content (AvgIpc) is 2.34. The summed E-state index contributed by atoms with van der Waals surface area (Å²) >= 11 is 0. The first-order valence-corrected chi connectivity index (χ1v) is 7.57. The van der Waals surface area contributed by atoms with E-state index in [1.807, 2.05) is 0 Å². The molecule has 0 radical (unpaired) electrons. The van der Waals surface area contributed by atoms with Gasteiger partial charge in [-0.15, -0.1) is 13.2 Å². The molecule has 0 fully saturated rings. The van der Waals surface area contributed by atoms with Gasteiger partial charge in [-0.05, 0) is 24.1 Å². The van der Waals surface area contributed by atoms with Crippen molar-refractivity contribution >= 4 is 10.1 Å². The van der Waals surface area contributed by atoms with E-state index >= 15 is 0 Å². The number of ether oxygens (including phenoxy) is 1. The van der Waals surface area contributed by atoms with Crippen LogP contribution in [0, 0.1) is 0 Å². The molecule has 21 heavy (non-hydrogen) atoms. The van der Waals surface area contributed by atoms with E-state index < -0.39 is 23.1 Å². The van der Waals surface area contributed by atoms with Crippen LogP contribution in [0.1, 0.15) is 18.4 Å². The molecule has 0 aliphatic rings. The molecular formula is C12H16F3NO4S. The van der Waals surface area contributed by atoms with E-state index in [4.69, 9.17) is 0 Å². The lowest BCUT2D eigenvalue weighted by Crippen LogP contribution is -2.61. The summed E-state index contributed by atoms with van der Waals surface area (Å²) in [7, 11) is -4.46. The molecule has 0 aliphatic carbocycles. The van der Waals surface area contributed by atoms with Crippen molar-refractivity contribution in [2.75, 3.05) is 6.61 Å². The molecule has 0 aliphatic heterocycles. The molecule has 0 heterocycles. The van der Waals surface area contributed by atoms with Crippen LogP contribution in [0.15, 0.2) is 29.2 Å². The van der Waals surface area contributed by atoms with Crippen LogP contribution in [-0.2, 0) is 21.3 Å². The van der Waals surface area contributed by atoms with Crippen LogP contribution >= 0.6 is 0 Å². The second-order valence-corrected chi connectivity index (χ2v) is 5.97. The fourth-order valence-corrected chi connectivity index (χ4v) is 2.15. The molecule has 0 saturated heterocycles. The number of quaternary nitrogens is 1. The standard InChI is InChI=1S/C12H16F3NO4S/c13-12(14,15)20-8-7-10(16)4-1-9-2-5-11(6-3-9)21(17,18)19/h2-3,5-6,10H,1,4,7-8,16H2,(H,17,18,19)/t10-/m0/s1. The molecule has 0 amide bonds. The van der Waals surface area contributed by atoms with Gasteiger partial charge in [-0.25, -0.2) is 8.42 Å². The zero-order valence-electron chi connectivity index (χ0n) is 11.1. The van der Waals surface area contributed by atoms with E-state index in [1.165, 1.54) is 24.3 Å². The number of aryl methyl sites for hydroxylation is 1. The molecule has 1 aromatic carbocycles. The molecule has 0 aromatic heterocycles. The Bertz CT molecular complexity index is 543. The Morgan fingerprint density at radius 1 is 1.19 bits per heavy atom. The number of benzene rings is 1. The van der Waals surface area contributed by atoms with E-state index in [9.17, 15) is 26.1 Å². The summed E-state index contributed by atoms with van der Waals surface area (Å²) in [5.74, 6) is 0. The van der Waals surface area contributed by atoms with Crippen molar-refractivity contribution in [3.8, 4) is 0 Å². The van der Waals surface area contributed by atoms with E-state index in [1.54, 1.807) is 0 Å². The van der Waals surface area contributed by atoms with Gasteiger partial charge in [-0.3, -0.25) is 4.74 Å². The van der Waals surface area contributed by atoms with Gasteiger partial charge in [-0.2, -0.15) is 0 Å². The number of halogens is 3. The Balaban J connectivity index is 2.38. The van der Waals surface area contributed by atoms with Crippen molar-refractivity contribution < 1.29 is 36.6 Å². The van der Waals surface area contributed by atoms with Gasteiger partial charge >= 0.3 is 6.36 Å². The topological polar surface area (TPSA) is 94.1 Å². The average molecular weight is 327 g/mol. The van der Waals surface area contributed by atoms with Crippen molar-refractivity contribution in [3.05, 3.63) is 29.8 Å². The SMILES string of the molecule is [NH3+][C@H](CCOC(F)(F)F)CCc1ccc(S(=O)(=O)[O-])cc1. The monoisotopic (exact) mass is 327 g/mol. The van der Waals surface area contributed by atoms with Crippen molar-refractivity contribution in [1.82, 2.24) is 0 Å². The maximum absolute atomic E-state index is 11.8. The Labute approximate surface area is 120 Å². The van der Waals surface area contributed by atoms with Gasteiger partial charge in [0.05, 0.1) is 17.5 Å². The second-order valence-electron chi connectivity index (χ2n) is 4.59. The fourth-order valence-electron chi connectivity index (χ4n) is 1.68. The second kappa shape index (κ2) is 7.21. The highest BCUT2D eigenvalue weighted by Crippen LogP contribution is 2.17. The van der Waals surface area contributed by atoms with Crippen LogP contribution in [0.3, 0.4) is 0 Å². The number of hydrogen-bond donors (Lipinski definition) is 1. The van der Waals surface area contributed by atoms with E-state index in [2.05, 4.69) is 10.5 Å². The van der Waals surface area contributed by atoms with Gasteiger partial charge < -0.3 is 10.3 Å². The molecular weight excluding hydrogens is 311 g/mol. The highest BCUT2D eigenvalue weighted by Gasteiger charge is 2.29. The molecule has 0 saturated carbocycles. The highest BCUT2D eigenvalue weighted by molar-refractivity contribution is 7.85. The van der Waals surface area contributed by atoms with Crippen LogP contribution < -0.4 is 5.73 Å². The minimum atomic E-state index is -4.63. The Morgan fingerprint density at radius 2 is 1.76 bits per heavy atom. The predicted octanol–water partition coefficient (Wildman–Crippen LogP) is 1.06. The molecule has 5 nitrogen and oxygen atoms in total. The Kier molecular flexibility index (Phi) is 6.14. The smallest absolute Gasteiger partial charge is 0.522 e. The van der Waals surface area contributed by atoms with Crippen molar-refractivity contribution in [1.29, 1.82) is 0 Å². The quantitative estimate of drug-likeness (QED) is 0.758. The molecule has 120 valence electrons. The van der Waals surface area contributed by atoms with Crippen molar-refractivity contribution in [2.45, 2.75) is 36.6 Å². The molecule has 1 rings (SSSR count). The molecule has 0 spiro atoms. The molecule has 3 N–H and O–H groups in total. The molecule has 9 heteroatoms. The summed E-state index contributed by atoms with van der Waals surface area (Å²) in [5, 5.41) is 0. The summed E-state index contributed by atoms with van der Waals surface area (Å²) < 4.78 is 71.2. The molecule has 0 bridgehead atoms. The third kappa shape index (κ3) is 7.42. The van der Waals surface area contributed by atoms with Gasteiger partial charge in [0.2, 0.25) is 0 Å². The van der Waals surface area contributed by atoms with Gasteiger partial charge in [0.15, 0.2) is 0 Å². The number of alkyl halides is 3. The Hall–Kier alpha value is -1.16. The zero-order valence-corrected chi connectivity index (χ0v) is 11.9. The van der Waals surface area contributed by atoms with Crippen LogP contribution in [0.2, 0.25) is 0 Å². The first-order valence-electron chi connectivity index (χ1n) is 6.16. The summed E-state index contributed by atoms with van der Waals surface area (Å²) in [6, 6.07) is 5.22. The number of hydrogen-bond acceptors (Lipinski definition) is 4. The lowest BCUT2D eigenvalue weighted by atomic mass is 10.0. The van der Waals surface area contributed by atoms with Crippen molar-refractivity contribution in [3.63, 3.8) is 0 Å². The summed E-state index contributed by atoms with van der Waals surface area (Å²) in [6.07, 6.45) is -3.39. The van der Waals surface area contributed by atoms with E-state index in [0.717, 1.165) is 5.56 Å². The van der Waals surface area contributed by atoms with Gasteiger partial charge in [0, 0.05) is 12.8 Å². The fraction of sp³-hybridized carbons (Fsp3) is 0.500. The molecule has 1 aromatic rings. The minimum Gasteiger partial charge on any atom is -0.744 e. The largest absolute Gasteiger partial charge is 0.744 e. The van der Waals surface area contributed by atoms with Crippen LogP contribution in [0.4, 0.5) is 13.2 Å². The first-order chi connectivity index (χ1) is 9.58. The first kappa shape index (κ1) is 17.9. The Morgan fingerprint density at radius 3 is 2.24 bits per heavy atom. The summed E-state index contributed by atoms with van der Waals surface area (Å²) in [6.45, 7) is -0.439. The van der Waals surface area contributed by atoms with Crippen LogP contribution in [-0.4, -0.2) is 32.0 Å². The van der Waals surface area contributed by atoms with Crippen molar-refractivity contribution in [2.24, 2.45) is 0 Å². The van der Waals surface area contributed by atoms with Gasteiger partial charge in [0.25, 0.3) is 0 Å². The van der Waals surface area contributed by atoms with Gasteiger partial charge in [0.1, 0.15) is 10.1 Å². The third-order valence-electron chi connectivity index (χ3n) is 2.85. The van der Waals surface area contributed by atoms with Crippen LogP contribution in [0.5, 0.6) is 0 Å². The third-order valence-corrected chi connectivity index (χ3v) is 3.69. The summed E-state index contributed by atoms with van der Waals surface area (Å²) in [5.41, 5.74) is 4.52. The lowest BCUT2D eigenvalue weighted by molar-refractivity contribution is -0.426. The van der Waals surface area contributed by atoms with E-state index in [-0.39, 0.29) is 17.4 Å². The highest BCUT2D eigenvalue weighted by atomic mass is 32.2. The molecule has 1 atom stereocenters. The summed E-state index contributed by atoms with van der Waals surface area (Å²) in [4.78, 5) is -0.309. The zero-order chi connectivity index (χ0) is 16.1. The predicted molar refractivity (Wildman–Crippen MR) is 66.0 cm³/mol. The lowest BCUT2D eigenvalue weighted by Gasteiger charge is -2.11.